The maximum Gasteiger partial charge on any atom is 0.410 e. The second kappa shape index (κ2) is 9.73. The lowest BCUT2D eigenvalue weighted by Crippen LogP contribution is -2.50. The second-order valence-electron chi connectivity index (χ2n) is 9.87. The molecule has 0 aromatic carbocycles. The molecule has 2 fully saturated rings. The third-order valence-electron chi connectivity index (χ3n) is 6.27. The van der Waals surface area contributed by atoms with E-state index in [4.69, 9.17) is 9.47 Å². The molecule has 190 valence electrons. The SMILES string of the molecule is CC(C)(C)OC(=O)N1CCN(c2ccc(-c3c(C=O)nc4c(N5CCOCC5)ccnn34)cn2)CC1. The van der Waals surface area contributed by atoms with Gasteiger partial charge in [0, 0.05) is 51.0 Å². The molecule has 0 atom stereocenters. The van der Waals surface area contributed by atoms with Crippen LogP contribution in [0.5, 0.6) is 0 Å². The number of imidazole rings is 1. The topological polar surface area (TPSA) is 105 Å². The molecule has 0 N–H and O–H groups in total. The van der Waals surface area contributed by atoms with Crippen molar-refractivity contribution in [2.45, 2.75) is 26.4 Å². The molecule has 5 rings (SSSR count). The summed E-state index contributed by atoms with van der Waals surface area (Å²) in [6, 6.07) is 5.78. The number of rotatable bonds is 4. The van der Waals surface area contributed by atoms with Crippen LogP contribution in [0.15, 0.2) is 30.6 Å². The van der Waals surface area contributed by atoms with Crippen molar-refractivity contribution >= 4 is 29.5 Å². The maximum atomic E-state index is 12.3. The average Bonchev–Trinajstić information content (AvgIpc) is 3.27. The second-order valence-corrected chi connectivity index (χ2v) is 9.87. The summed E-state index contributed by atoms with van der Waals surface area (Å²) in [6.45, 7) is 10.9. The Morgan fingerprint density at radius 2 is 1.78 bits per heavy atom. The van der Waals surface area contributed by atoms with E-state index >= 15 is 0 Å². The Morgan fingerprint density at radius 1 is 1.03 bits per heavy atom. The quantitative estimate of drug-likeness (QED) is 0.507. The molecule has 3 aromatic heterocycles. The van der Waals surface area contributed by atoms with Gasteiger partial charge in [0.25, 0.3) is 0 Å². The minimum absolute atomic E-state index is 0.289. The van der Waals surface area contributed by atoms with E-state index in [1.807, 2.05) is 39.0 Å². The number of hydrogen-bond donors (Lipinski definition) is 0. The van der Waals surface area contributed by atoms with Crippen molar-refractivity contribution < 1.29 is 19.1 Å². The molecule has 0 spiro atoms. The minimum Gasteiger partial charge on any atom is -0.444 e. The first-order valence-electron chi connectivity index (χ1n) is 12.2. The van der Waals surface area contributed by atoms with Crippen LogP contribution in [0, 0.1) is 0 Å². The number of carbonyl (C=O) groups excluding carboxylic acids is 2. The highest BCUT2D eigenvalue weighted by atomic mass is 16.6. The van der Waals surface area contributed by atoms with Gasteiger partial charge in [0.05, 0.1) is 25.1 Å². The largest absolute Gasteiger partial charge is 0.444 e. The van der Waals surface area contributed by atoms with Gasteiger partial charge in [-0.15, -0.1) is 0 Å². The van der Waals surface area contributed by atoms with E-state index < -0.39 is 5.60 Å². The van der Waals surface area contributed by atoms with E-state index in [-0.39, 0.29) is 6.09 Å². The number of morpholine rings is 1. The predicted molar refractivity (Wildman–Crippen MR) is 135 cm³/mol. The molecule has 0 saturated carbocycles. The highest BCUT2D eigenvalue weighted by Gasteiger charge is 2.27. The molecule has 2 aliphatic heterocycles. The zero-order valence-electron chi connectivity index (χ0n) is 20.9. The Kier molecular flexibility index (Phi) is 6.48. The monoisotopic (exact) mass is 493 g/mol. The molecular weight excluding hydrogens is 462 g/mol. The number of hydrogen-bond acceptors (Lipinski definition) is 9. The Balaban J connectivity index is 1.35. The van der Waals surface area contributed by atoms with E-state index in [1.54, 1.807) is 21.8 Å². The first-order chi connectivity index (χ1) is 17.3. The zero-order chi connectivity index (χ0) is 25.3. The van der Waals surface area contributed by atoms with Gasteiger partial charge in [0.1, 0.15) is 22.8 Å². The maximum absolute atomic E-state index is 12.3. The third-order valence-corrected chi connectivity index (χ3v) is 6.27. The summed E-state index contributed by atoms with van der Waals surface area (Å²) in [5, 5.41) is 4.49. The number of carbonyl (C=O) groups is 2. The number of ether oxygens (including phenoxy) is 2. The van der Waals surface area contributed by atoms with Gasteiger partial charge in [-0.05, 0) is 39.0 Å². The molecule has 11 nitrogen and oxygen atoms in total. The molecule has 3 aromatic rings. The number of piperazine rings is 1. The summed E-state index contributed by atoms with van der Waals surface area (Å²) in [4.78, 5) is 39.6. The van der Waals surface area contributed by atoms with Crippen LogP contribution in [0.4, 0.5) is 16.3 Å². The lowest BCUT2D eigenvalue weighted by molar-refractivity contribution is 0.0240. The molecular formula is C25H31N7O4. The molecule has 1 amide bonds. The van der Waals surface area contributed by atoms with Crippen LogP contribution in [0.2, 0.25) is 0 Å². The highest BCUT2D eigenvalue weighted by Crippen LogP contribution is 2.29. The minimum atomic E-state index is -0.512. The van der Waals surface area contributed by atoms with Crippen molar-refractivity contribution in [1.29, 1.82) is 0 Å². The Bertz CT molecular complexity index is 1240. The fourth-order valence-electron chi connectivity index (χ4n) is 4.51. The van der Waals surface area contributed by atoms with Gasteiger partial charge in [-0.2, -0.15) is 5.10 Å². The summed E-state index contributed by atoms with van der Waals surface area (Å²) in [6.07, 6.45) is 3.94. The molecule has 2 aliphatic rings. The fraction of sp³-hybridized carbons (Fsp3) is 0.480. The molecule has 0 aliphatic carbocycles. The number of fused-ring (bicyclic) bond motifs is 1. The first kappa shape index (κ1) is 24.0. The summed E-state index contributed by atoms with van der Waals surface area (Å²) in [5.74, 6) is 0.811. The number of amides is 1. The molecule has 36 heavy (non-hydrogen) atoms. The van der Waals surface area contributed by atoms with Gasteiger partial charge in [-0.3, -0.25) is 4.79 Å². The number of aromatic nitrogens is 4. The standard InChI is InChI=1S/C25H31N7O4/c1-25(2,3)36-24(34)31-10-8-30(9-11-31)21-5-4-18(16-26-21)22-19(17-33)28-23-20(6-7-27-32(22)23)29-12-14-35-15-13-29/h4-7,16-17H,8-15H2,1-3H3. The van der Waals surface area contributed by atoms with Crippen molar-refractivity contribution in [1.82, 2.24) is 24.5 Å². The summed E-state index contributed by atoms with van der Waals surface area (Å²) in [7, 11) is 0. The van der Waals surface area contributed by atoms with Gasteiger partial charge < -0.3 is 24.2 Å². The van der Waals surface area contributed by atoms with Crippen molar-refractivity contribution in [3.8, 4) is 11.3 Å². The molecule has 2 saturated heterocycles. The molecule has 0 radical (unpaired) electrons. The normalized spacial score (nSPS) is 16.9. The smallest absolute Gasteiger partial charge is 0.410 e. The first-order valence-corrected chi connectivity index (χ1v) is 12.2. The summed E-state index contributed by atoms with van der Waals surface area (Å²) >= 11 is 0. The number of nitrogens with zero attached hydrogens (tertiary/aromatic N) is 7. The average molecular weight is 494 g/mol. The van der Waals surface area contributed by atoms with Crippen LogP contribution >= 0.6 is 0 Å². The zero-order valence-corrected chi connectivity index (χ0v) is 20.9. The summed E-state index contributed by atoms with van der Waals surface area (Å²) in [5.41, 5.74) is 2.75. The Morgan fingerprint density at radius 3 is 2.42 bits per heavy atom. The van der Waals surface area contributed by atoms with Gasteiger partial charge in [0.15, 0.2) is 11.9 Å². The van der Waals surface area contributed by atoms with Crippen molar-refractivity contribution in [3.63, 3.8) is 0 Å². The third kappa shape index (κ3) is 4.83. The number of anilines is 2. The van der Waals surface area contributed by atoms with Crippen molar-refractivity contribution in [3.05, 3.63) is 36.3 Å². The van der Waals surface area contributed by atoms with Gasteiger partial charge >= 0.3 is 6.09 Å². The van der Waals surface area contributed by atoms with Crippen LogP contribution in [-0.2, 0) is 9.47 Å². The van der Waals surface area contributed by atoms with Gasteiger partial charge in [-0.25, -0.2) is 19.3 Å². The molecule has 11 heteroatoms. The molecule has 0 unspecified atom stereocenters. The van der Waals surface area contributed by atoms with Gasteiger partial charge in [-0.1, -0.05) is 0 Å². The van der Waals surface area contributed by atoms with Crippen LogP contribution in [0.1, 0.15) is 31.3 Å². The fourth-order valence-corrected chi connectivity index (χ4v) is 4.51. The Labute approximate surface area is 209 Å². The lowest BCUT2D eigenvalue weighted by Gasteiger charge is -2.36. The lowest BCUT2D eigenvalue weighted by atomic mass is 10.1. The molecule has 0 bridgehead atoms. The number of aldehydes is 1. The van der Waals surface area contributed by atoms with Gasteiger partial charge in [0.2, 0.25) is 0 Å². The van der Waals surface area contributed by atoms with E-state index in [1.165, 1.54) is 0 Å². The van der Waals surface area contributed by atoms with Crippen molar-refractivity contribution in [2.24, 2.45) is 0 Å². The van der Waals surface area contributed by atoms with Crippen LogP contribution in [0.25, 0.3) is 16.9 Å². The van der Waals surface area contributed by atoms with E-state index in [0.717, 1.165) is 36.4 Å². The molecule has 5 heterocycles. The van der Waals surface area contributed by atoms with Crippen LogP contribution < -0.4 is 9.80 Å². The van der Waals surface area contributed by atoms with Crippen LogP contribution in [-0.4, -0.2) is 94.9 Å². The van der Waals surface area contributed by atoms with E-state index in [2.05, 4.69) is 24.9 Å². The Hall–Kier alpha value is -3.73. The van der Waals surface area contributed by atoms with E-state index in [0.29, 0.717) is 56.4 Å². The number of pyridine rings is 1. The summed E-state index contributed by atoms with van der Waals surface area (Å²) < 4.78 is 12.7. The predicted octanol–water partition coefficient (Wildman–Crippen LogP) is 2.50. The highest BCUT2D eigenvalue weighted by molar-refractivity contribution is 5.88. The van der Waals surface area contributed by atoms with Crippen LogP contribution in [0.3, 0.4) is 0 Å². The van der Waals surface area contributed by atoms with Crippen molar-refractivity contribution in [2.75, 3.05) is 62.3 Å². The van der Waals surface area contributed by atoms with E-state index in [9.17, 15) is 9.59 Å².